The zero-order valence-corrected chi connectivity index (χ0v) is 13.5. The summed E-state index contributed by atoms with van der Waals surface area (Å²) in [7, 11) is 0. The number of pyridine rings is 1. The summed E-state index contributed by atoms with van der Waals surface area (Å²) in [6, 6.07) is 13.9. The van der Waals surface area contributed by atoms with Crippen molar-refractivity contribution < 1.29 is 4.74 Å². The normalized spacial score (nSPS) is 28.4. The molecule has 0 saturated carbocycles. The van der Waals surface area contributed by atoms with Crippen LogP contribution >= 0.6 is 0 Å². The van der Waals surface area contributed by atoms with Gasteiger partial charge in [0.2, 0.25) is 5.90 Å². The van der Waals surface area contributed by atoms with Crippen LogP contribution in [0.4, 0.5) is 5.69 Å². The first-order chi connectivity index (χ1) is 12.1. The first-order valence-electron chi connectivity index (χ1n) is 8.39. The van der Waals surface area contributed by atoms with Gasteiger partial charge in [-0.25, -0.2) is 0 Å². The van der Waals surface area contributed by atoms with E-state index in [0.717, 1.165) is 24.2 Å². The van der Waals surface area contributed by atoms with Gasteiger partial charge >= 0.3 is 0 Å². The summed E-state index contributed by atoms with van der Waals surface area (Å²) in [6.45, 7) is 1.18. The Morgan fingerprint density at radius 3 is 2.80 bits per heavy atom. The van der Waals surface area contributed by atoms with Crippen LogP contribution < -0.4 is 10.5 Å². The van der Waals surface area contributed by atoms with Crippen LogP contribution in [0.5, 0.6) is 0 Å². The fourth-order valence-electron chi connectivity index (χ4n) is 4.64. The van der Waals surface area contributed by atoms with Gasteiger partial charge in [0, 0.05) is 12.7 Å². The Bertz CT molecular complexity index is 1010. The van der Waals surface area contributed by atoms with E-state index in [4.69, 9.17) is 10.1 Å². The van der Waals surface area contributed by atoms with Crippen molar-refractivity contribution in [2.24, 2.45) is 0 Å². The number of hydrogen-bond acceptors (Lipinski definition) is 5. The second-order valence-corrected chi connectivity index (χ2v) is 6.83. The number of nitriles is 1. The molecule has 0 unspecified atom stereocenters. The molecule has 6 heteroatoms. The van der Waals surface area contributed by atoms with Crippen molar-refractivity contribution in [3.63, 3.8) is 0 Å². The van der Waals surface area contributed by atoms with E-state index >= 15 is 0 Å². The molecular formula is C19H16N4O2. The van der Waals surface area contributed by atoms with Crippen LogP contribution in [0, 0.1) is 16.7 Å². The van der Waals surface area contributed by atoms with E-state index in [9.17, 15) is 10.1 Å². The smallest absolute Gasteiger partial charge is 0.261 e. The van der Waals surface area contributed by atoms with E-state index in [-0.39, 0.29) is 11.5 Å². The lowest BCUT2D eigenvalue weighted by molar-refractivity contribution is -0.0240. The maximum Gasteiger partial charge on any atom is 0.261 e. The molecule has 1 N–H and O–H groups in total. The Kier molecular flexibility index (Phi) is 2.58. The number of nitrogens with zero attached hydrogens (tertiary/aromatic N) is 3. The number of rotatable bonds is 2. The van der Waals surface area contributed by atoms with Crippen molar-refractivity contribution in [2.75, 3.05) is 11.4 Å². The van der Waals surface area contributed by atoms with Gasteiger partial charge in [-0.1, -0.05) is 30.3 Å². The van der Waals surface area contributed by atoms with Gasteiger partial charge in [-0.3, -0.25) is 10.2 Å². The number of hydrogen-bond donors (Lipinski definition) is 1. The van der Waals surface area contributed by atoms with Gasteiger partial charge in [0.15, 0.2) is 5.54 Å². The van der Waals surface area contributed by atoms with Crippen molar-refractivity contribution in [2.45, 2.75) is 30.5 Å². The third kappa shape index (κ3) is 1.45. The van der Waals surface area contributed by atoms with Crippen LogP contribution in [0.1, 0.15) is 24.0 Å². The van der Waals surface area contributed by atoms with E-state index in [2.05, 4.69) is 6.07 Å². The molecule has 25 heavy (non-hydrogen) atoms. The Labute approximate surface area is 144 Å². The lowest BCUT2D eigenvalue weighted by Gasteiger charge is -2.51. The average Bonchev–Trinajstić information content (AvgIpc) is 3.16. The fraction of sp³-hybridized carbons (Fsp3) is 0.316. The summed E-state index contributed by atoms with van der Waals surface area (Å²) < 4.78 is 7.20. The molecule has 0 radical (unpaired) electrons. The van der Waals surface area contributed by atoms with Crippen LogP contribution in [0.3, 0.4) is 0 Å². The molecule has 1 spiro atoms. The van der Waals surface area contributed by atoms with E-state index in [0.29, 0.717) is 18.5 Å². The second-order valence-electron chi connectivity index (χ2n) is 6.83. The number of anilines is 1. The number of benzene rings is 1. The standard InChI is InChI=1S/C19H16N4O2/c20-12-19-15-14(23-9-4-8-18(19,23)17(21)25-19)7-10-22(16(15)24)11-13-5-2-1-3-6-13/h1-3,5-7,10,21H,4,8-9,11H2/t18-,19-/m1/s1. The van der Waals surface area contributed by atoms with Crippen LogP contribution in [0.25, 0.3) is 0 Å². The highest BCUT2D eigenvalue weighted by molar-refractivity contribution is 6.01. The number of fused-ring (bicyclic) bond motifs is 3. The zero-order valence-electron chi connectivity index (χ0n) is 13.5. The monoisotopic (exact) mass is 332 g/mol. The third-order valence-electron chi connectivity index (χ3n) is 5.73. The van der Waals surface area contributed by atoms with E-state index in [1.165, 1.54) is 0 Å². The van der Waals surface area contributed by atoms with Gasteiger partial charge in [0.05, 0.1) is 12.2 Å². The van der Waals surface area contributed by atoms with Gasteiger partial charge in [0.1, 0.15) is 11.6 Å². The maximum atomic E-state index is 13.2. The number of aromatic nitrogens is 1. The molecule has 2 aromatic rings. The molecule has 2 atom stereocenters. The SMILES string of the molecule is N#C[C@]12OC(=N)[C@]13CCCN3c1ccn(Cc3ccccc3)c(=O)c12. The molecule has 6 nitrogen and oxygen atoms in total. The Morgan fingerprint density at radius 2 is 2.08 bits per heavy atom. The summed E-state index contributed by atoms with van der Waals surface area (Å²) in [5.41, 5.74) is -0.169. The van der Waals surface area contributed by atoms with E-state index in [1.54, 1.807) is 10.8 Å². The van der Waals surface area contributed by atoms with E-state index in [1.807, 2.05) is 41.3 Å². The second kappa shape index (κ2) is 4.51. The molecule has 0 amide bonds. The first-order valence-corrected chi connectivity index (χ1v) is 8.39. The molecule has 0 aliphatic carbocycles. The number of ether oxygens (including phenoxy) is 1. The molecule has 4 heterocycles. The van der Waals surface area contributed by atoms with Crippen molar-refractivity contribution in [3.8, 4) is 6.07 Å². The van der Waals surface area contributed by atoms with Gasteiger partial charge in [-0.2, -0.15) is 5.26 Å². The lowest BCUT2D eigenvalue weighted by atomic mass is 9.72. The molecule has 1 aromatic heterocycles. The Hall–Kier alpha value is -3.07. The average molecular weight is 332 g/mol. The number of nitrogens with one attached hydrogen (secondary N) is 1. The quantitative estimate of drug-likeness (QED) is 0.911. The van der Waals surface area contributed by atoms with Crippen molar-refractivity contribution in [1.82, 2.24) is 4.57 Å². The maximum absolute atomic E-state index is 13.2. The molecule has 1 aromatic carbocycles. The molecule has 124 valence electrons. The molecule has 0 bridgehead atoms. The Balaban J connectivity index is 1.69. The molecule has 2 saturated heterocycles. The van der Waals surface area contributed by atoms with Crippen LogP contribution in [-0.2, 0) is 16.9 Å². The van der Waals surface area contributed by atoms with Crippen LogP contribution in [0.2, 0.25) is 0 Å². The summed E-state index contributed by atoms with van der Waals surface area (Å²) in [5, 5.41) is 18.1. The topological polar surface area (TPSA) is 82.1 Å². The minimum Gasteiger partial charge on any atom is -0.449 e. The fourth-order valence-corrected chi connectivity index (χ4v) is 4.64. The van der Waals surface area contributed by atoms with E-state index < -0.39 is 11.1 Å². The van der Waals surface area contributed by atoms with Gasteiger partial charge in [-0.05, 0) is 24.5 Å². The third-order valence-corrected chi connectivity index (χ3v) is 5.73. The van der Waals surface area contributed by atoms with Crippen LogP contribution in [0.15, 0.2) is 47.4 Å². The lowest BCUT2D eigenvalue weighted by Crippen LogP contribution is -2.71. The molecule has 3 aliphatic rings. The summed E-state index contributed by atoms with van der Waals surface area (Å²) in [5.74, 6) is 0.108. The van der Waals surface area contributed by atoms with Crippen LogP contribution in [-0.4, -0.2) is 22.5 Å². The summed E-state index contributed by atoms with van der Waals surface area (Å²) in [6.07, 6.45) is 3.34. The first kappa shape index (κ1) is 14.3. The minimum absolute atomic E-state index is 0.108. The van der Waals surface area contributed by atoms with Crippen molar-refractivity contribution >= 4 is 11.6 Å². The molecule has 3 aliphatic heterocycles. The molecular weight excluding hydrogens is 316 g/mol. The molecule has 2 fully saturated rings. The molecule has 5 rings (SSSR count). The van der Waals surface area contributed by atoms with Gasteiger partial charge in [-0.15, -0.1) is 0 Å². The highest BCUT2D eigenvalue weighted by atomic mass is 16.5. The highest BCUT2D eigenvalue weighted by Crippen LogP contribution is 2.62. The van der Waals surface area contributed by atoms with Crippen molar-refractivity contribution in [3.05, 3.63) is 64.1 Å². The predicted molar refractivity (Wildman–Crippen MR) is 91.7 cm³/mol. The minimum atomic E-state index is -1.34. The summed E-state index contributed by atoms with van der Waals surface area (Å²) >= 11 is 0. The van der Waals surface area contributed by atoms with Crippen molar-refractivity contribution in [1.29, 1.82) is 10.7 Å². The summed E-state index contributed by atoms with van der Waals surface area (Å²) in [4.78, 5) is 15.2. The van der Waals surface area contributed by atoms with Gasteiger partial charge in [0.25, 0.3) is 11.2 Å². The van der Waals surface area contributed by atoms with Gasteiger partial charge < -0.3 is 14.2 Å². The predicted octanol–water partition coefficient (Wildman–Crippen LogP) is 1.98. The Morgan fingerprint density at radius 1 is 1.28 bits per heavy atom. The largest absolute Gasteiger partial charge is 0.449 e. The zero-order chi connectivity index (χ0) is 17.2. The highest BCUT2D eigenvalue weighted by Gasteiger charge is 2.78.